The van der Waals surface area contributed by atoms with E-state index in [1.807, 2.05) is 0 Å². The zero-order valence-electron chi connectivity index (χ0n) is 16.0. The van der Waals surface area contributed by atoms with Crippen LogP contribution in [0.3, 0.4) is 0 Å². The minimum atomic E-state index is -0.625. The number of hydrogen-bond acceptors (Lipinski definition) is 5. The van der Waals surface area contributed by atoms with Gasteiger partial charge in [-0.05, 0) is 47.5 Å². The van der Waals surface area contributed by atoms with Gasteiger partial charge in [0, 0.05) is 35.1 Å². The van der Waals surface area contributed by atoms with E-state index in [-0.39, 0.29) is 18.3 Å². The lowest BCUT2D eigenvalue weighted by Crippen LogP contribution is -2.23. The maximum Gasteiger partial charge on any atom is 0.251 e. The second kappa shape index (κ2) is 8.62. The number of benzene rings is 3. The lowest BCUT2D eigenvalue weighted by Gasteiger charge is -2.19. The van der Waals surface area contributed by atoms with Crippen LogP contribution in [0.5, 0.6) is 5.75 Å². The van der Waals surface area contributed by atoms with E-state index < -0.39 is 6.04 Å². The molecule has 0 aromatic heterocycles. The molecular weight excluding hydrogens is 371 g/mol. The number of nitrogens with two attached hydrogens (primary N) is 3. The first-order chi connectivity index (χ1) is 13.9. The summed E-state index contributed by atoms with van der Waals surface area (Å²) in [5, 5.41) is 2.84. The number of halogens is 1. The third kappa shape index (κ3) is 4.64. The summed E-state index contributed by atoms with van der Waals surface area (Å²) < 4.78 is 19.0. The van der Waals surface area contributed by atoms with Crippen molar-refractivity contribution in [1.29, 1.82) is 0 Å². The molecule has 3 aromatic carbocycles. The van der Waals surface area contributed by atoms with Gasteiger partial charge in [-0.15, -0.1) is 0 Å². The Kier molecular flexibility index (Phi) is 5.99. The van der Waals surface area contributed by atoms with Gasteiger partial charge in [-0.25, -0.2) is 4.39 Å². The molecule has 150 valence electrons. The predicted molar refractivity (Wildman–Crippen MR) is 112 cm³/mol. The van der Waals surface area contributed by atoms with E-state index in [0.717, 1.165) is 0 Å². The van der Waals surface area contributed by atoms with E-state index in [2.05, 4.69) is 5.32 Å². The van der Waals surface area contributed by atoms with Gasteiger partial charge in [-0.1, -0.05) is 18.2 Å². The summed E-state index contributed by atoms with van der Waals surface area (Å²) in [5.74, 6) is -0.127. The van der Waals surface area contributed by atoms with E-state index in [9.17, 15) is 9.18 Å². The maximum atomic E-state index is 13.6. The molecule has 7 heteroatoms. The van der Waals surface area contributed by atoms with Gasteiger partial charge in [0.1, 0.15) is 11.6 Å². The van der Waals surface area contributed by atoms with Crippen molar-refractivity contribution in [3.63, 3.8) is 0 Å². The second-order valence-electron chi connectivity index (χ2n) is 6.63. The van der Waals surface area contributed by atoms with Gasteiger partial charge < -0.3 is 27.3 Å². The average molecular weight is 394 g/mol. The molecule has 1 atom stereocenters. The Morgan fingerprint density at radius 3 is 2.55 bits per heavy atom. The smallest absolute Gasteiger partial charge is 0.251 e. The van der Waals surface area contributed by atoms with Gasteiger partial charge in [-0.3, -0.25) is 4.79 Å². The van der Waals surface area contributed by atoms with Gasteiger partial charge in [0.25, 0.3) is 5.91 Å². The Labute approximate surface area is 168 Å². The van der Waals surface area contributed by atoms with Crippen LogP contribution in [0.15, 0.2) is 60.7 Å². The van der Waals surface area contributed by atoms with Crippen molar-refractivity contribution >= 4 is 17.3 Å². The predicted octanol–water partition coefficient (Wildman–Crippen LogP) is 2.98. The molecule has 0 fully saturated rings. The lowest BCUT2D eigenvalue weighted by molar-refractivity contribution is 0.0950. The van der Waals surface area contributed by atoms with Crippen molar-refractivity contribution in [1.82, 2.24) is 5.32 Å². The number of nitrogens with one attached hydrogen (secondary N) is 1. The molecule has 3 aromatic rings. The summed E-state index contributed by atoms with van der Waals surface area (Å²) in [6.45, 7) is 0.194. The molecule has 0 spiro atoms. The average Bonchev–Trinajstić information content (AvgIpc) is 2.71. The summed E-state index contributed by atoms with van der Waals surface area (Å²) in [6.07, 6.45) is 0. The molecule has 0 radical (unpaired) electrons. The molecule has 3 rings (SSSR count). The standard InChI is InChI=1S/C22H23FN4O2/c1-29-20-11-19(25)18(21(26)13-4-2-6-16(23)8-13)10-15(20)12-27-22(28)14-5-3-7-17(24)9-14/h2-11,21H,12,24-26H2,1H3,(H,27,28). The molecular formula is C22H23FN4O2. The van der Waals surface area contributed by atoms with Crippen molar-refractivity contribution < 1.29 is 13.9 Å². The topological polar surface area (TPSA) is 116 Å². The normalized spacial score (nSPS) is 11.7. The van der Waals surface area contributed by atoms with E-state index in [0.29, 0.717) is 39.4 Å². The molecule has 0 aliphatic rings. The third-order valence-electron chi connectivity index (χ3n) is 4.62. The minimum Gasteiger partial charge on any atom is -0.496 e. The number of methoxy groups -OCH3 is 1. The highest BCUT2D eigenvalue weighted by molar-refractivity contribution is 5.95. The Hall–Kier alpha value is -3.58. The number of rotatable bonds is 6. The van der Waals surface area contributed by atoms with Gasteiger partial charge >= 0.3 is 0 Å². The molecule has 1 amide bonds. The van der Waals surface area contributed by atoms with E-state index >= 15 is 0 Å². The van der Waals surface area contributed by atoms with Crippen LogP contribution < -0.4 is 27.3 Å². The monoisotopic (exact) mass is 394 g/mol. The number of carbonyl (C=O) groups excluding carboxylic acids is 1. The molecule has 0 aliphatic heterocycles. The number of anilines is 2. The van der Waals surface area contributed by atoms with Gasteiger partial charge in [-0.2, -0.15) is 0 Å². The van der Waals surface area contributed by atoms with Crippen molar-refractivity contribution in [2.45, 2.75) is 12.6 Å². The van der Waals surface area contributed by atoms with Crippen molar-refractivity contribution in [2.24, 2.45) is 5.73 Å². The van der Waals surface area contributed by atoms with Crippen LogP contribution in [-0.2, 0) is 6.54 Å². The van der Waals surface area contributed by atoms with E-state index in [1.165, 1.54) is 19.2 Å². The summed E-state index contributed by atoms with van der Waals surface area (Å²) in [5.41, 5.74) is 21.5. The van der Waals surface area contributed by atoms with Crippen LogP contribution in [0.4, 0.5) is 15.8 Å². The summed E-state index contributed by atoms with van der Waals surface area (Å²) in [6, 6.07) is 15.5. The molecule has 0 aliphatic carbocycles. The first-order valence-electron chi connectivity index (χ1n) is 9.00. The fourth-order valence-corrected chi connectivity index (χ4v) is 3.09. The molecule has 0 saturated carbocycles. The SMILES string of the molecule is COc1cc(N)c(C(N)c2cccc(F)c2)cc1CNC(=O)c1cccc(N)c1. The third-order valence-corrected chi connectivity index (χ3v) is 4.62. The minimum absolute atomic E-state index is 0.194. The second-order valence-corrected chi connectivity index (χ2v) is 6.63. The Morgan fingerprint density at radius 2 is 1.86 bits per heavy atom. The van der Waals surface area contributed by atoms with Crippen LogP contribution in [0.25, 0.3) is 0 Å². The Bertz CT molecular complexity index is 1040. The molecule has 6 nitrogen and oxygen atoms in total. The van der Waals surface area contributed by atoms with Crippen LogP contribution in [-0.4, -0.2) is 13.0 Å². The quantitative estimate of drug-likeness (QED) is 0.480. The highest BCUT2D eigenvalue weighted by Gasteiger charge is 2.17. The first kappa shape index (κ1) is 20.2. The molecule has 1 unspecified atom stereocenters. The maximum absolute atomic E-state index is 13.6. The van der Waals surface area contributed by atoms with E-state index in [4.69, 9.17) is 21.9 Å². The van der Waals surface area contributed by atoms with Crippen LogP contribution >= 0.6 is 0 Å². The summed E-state index contributed by atoms with van der Waals surface area (Å²) >= 11 is 0. The fraction of sp³-hybridized carbons (Fsp3) is 0.136. The summed E-state index contributed by atoms with van der Waals surface area (Å²) in [4.78, 5) is 12.4. The Morgan fingerprint density at radius 1 is 1.10 bits per heavy atom. The van der Waals surface area contributed by atoms with Crippen LogP contribution in [0, 0.1) is 5.82 Å². The van der Waals surface area contributed by atoms with E-state index in [1.54, 1.807) is 48.5 Å². The van der Waals surface area contributed by atoms with Crippen LogP contribution in [0.2, 0.25) is 0 Å². The number of hydrogen-bond donors (Lipinski definition) is 4. The molecule has 0 saturated heterocycles. The molecule has 7 N–H and O–H groups in total. The van der Waals surface area contributed by atoms with Crippen molar-refractivity contribution in [2.75, 3.05) is 18.6 Å². The molecule has 29 heavy (non-hydrogen) atoms. The van der Waals surface area contributed by atoms with Gasteiger partial charge in [0.2, 0.25) is 0 Å². The zero-order valence-corrected chi connectivity index (χ0v) is 16.0. The van der Waals surface area contributed by atoms with Crippen LogP contribution in [0.1, 0.15) is 33.1 Å². The number of ether oxygens (including phenoxy) is 1. The van der Waals surface area contributed by atoms with Gasteiger partial charge in [0.15, 0.2) is 0 Å². The number of nitrogen functional groups attached to an aromatic ring is 2. The fourth-order valence-electron chi connectivity index (χ4n) is 3.09. The summed E-state index contributed by atoms with van der Waals surface area (Å²) in [7, 11) is 1.52. The largest absolute Gasteiger partial charge is 0.496 e. The lowest BCUT2D eigenvalue weighted by atomic mass is 9.95. The first-order valence-corrected chi connectivity index (χ1v) is 9.00. The Balaban J connectivity index is 1.86. The van der Waals surface area contributed by atoms with Gasteiger partial charge in [0.05, 0.1) is 13.2 Å². The highest BCUT2D eigenvalue weighted by atomic mass is 19.1. The zero-order chi connectivity index (χ0) is 21.0. The molecule has 0 heterocycles. The van der Waals surface area contributed by atoms with Crippen molar-refractivity contribution in [3.05, 3.63) is 88.7 Å². The number of amides is 1. The highest BCUT2D eigenvalue weighted by Crippen LogP contribution is 2.31. The molecule has 0 bridgehead atoms. The van der Waals surface area contributed by atoms with Crippen molar-refractivity contribution in [3.8, 4) is 5.75 Å². The number of carbonyl (C=O) groups is 1.